The van der Waals surface area contributed by atoms with Gasteiger partial charge in [0.15, 0.2) is 0 Å². The minimum atomic E-state index is -0.336. The van der Waals surface area contributed by atoms with Crippen LogP contribution in [0.15, 0.2) is 48.5 Å². The van der Waals surface area contributed by atoms with Crippen LogP contribution in [0.3, 0.4) is 0 Å². The van der Waals surface area contributed by atoms with Crippen molar-refractivity contribution in [3.05, 3.63) is 65.5 Å². The SMILES string of the molecule is NC(=O)Cc1ccc(CCOc2ccc(F)cc2)cc1. The third-order valence-corrected chi connectivity index (χ3v) is 2.87. The number of nitrogens with two attached hydrogens (primary N) is 1. The lowest BCUT2D eigenvalue weighted by atomic mass is 10.1. The highest BCUT2D eigenvalue weighted by Gasteiger charge is 2.00. The Bertz CT molecular complexity index is 564. The minimum absolute atomic E-state index is 0.256. The van der Waals surface area contributed by atoms with E-state index in [9.17, 15) is 9.18 Å². The van der Waals surface area contributed by atoms with Crippen LogP contribution in [0, 0.1) is 5.82 Å². The van der Waals surface area contributed by atoms with E-state index in [4.69, 9.17) is 10.5 Å². The molecule has 0 heterocycles. The van der Waals surface area contributed by atoms with Crippen molar-refractivity contribution in [2.75, 3.05) is 6.61 Å². The first-order valence-corrected chi connectivity index (χ1v) is 6.38. The molecule has 0 saturated heterocycles. The minimum Gasteiger partial charge on any atom is -0.493 e. The summed E-state index contributed by atoms with van der Waals surface area (Å²) in [5, 5.41) is 0. The van der Waals surface area contributed by atoms with Gasteiger partial charge in [-0.3, -0.25) is 4.79 Å². The van der Waals surface area contributed by atoms with Crippen LogP contribution < -0.4 is 10.5 Å². The fourth-order valence-electron chi connectivity index (χ4n) is 1.84. The van der Waals surface area contributed by atoms with E-state index >= 15 is 0 Å². The van der Waals surface area contributed by atoms with Crippen molar-refractivity contribution in [1.29, 1.82) is 0 Å². The topological polar surface area (TPSA) is 52.3 Å². The van der Waals surface area contributed by atoms with E-state index in [1.807, 2.05) is 24.3 Å². The predicted molar refractivity (Wildman–Crippen MR) is 74.9 cm³/mol. The Kier molecular flexibility index (Phi) is 4.71. The Hall–Kier alpha value is -2.36. The summed E-state index contributed by atoms with van der Waals surface area (Å²) in [5.41, 5.74) is 7.15. The van der Waals surface area contributed by atoms with E-state index in [1.165, 1.54) is 12.1 Å². The second-order valence-electron chi connectivity index (χ2n) is 4.51. The van der Waals surface area contributed by atoms with Crippen LogP contribution >= 0.6 is 0 Å². The zero-order valence-electron chi connectivity index (χ0n) is 11.0. The van der Waals surface area contributed by atoms with E-state index in [-0.39, 0.29) is 18.1 Å². The molecule has 4 heteroatoms. The standard InChI is InChI=1S/C16H16FNO2/c17-14-5-7-15(8-6-14)20-10-9-12-1-3-13(4-2-12)11-16(18)19/h1-8H,9-11H2,(H2,18,19). The summed E-state index contributed by atoms with van der Waals surface area (Å²) in [6.45, 7) is 0.515. The predicted octanol–water partition coefficient (Wildman–Crippen LogP) is 2.48. The Labute approximate surface area is 117 Å². The van der Waals surface area contributed by atoms with Crippen LogP contribution in [-0.4, -0.2) is 12.5 Å². The zero-order valence-corrected chi connectivity index (χ0v) is 11.0. The molecule has 20 heavy (non-hydrogen) atoms. The molecule has 0 radical (unpaired) electrons. The summed E-state index contributed by atoms with van der Waals surface area (Å²) >= 11 is 0. The summed E-state index contributed by atoms with van der Waals surface area (Å²) < 4.78 is 18.2. The molecular weight excluding hydrogens is 257 g/mol. The number of halogens is 1. The number of rotatable bonds is 6. The Morgan fingerprint density at radius 3 is 2.20 bits per heavy atom. The number of carbonyl (C=O) groups excluding carboxylic acids is 1. The van der Waals surface area contributed by atoms with Crippen LogP contribution in [0.4, 0.5) is 4.39 Å². The van der Waals surface area contributed by atoms with Gasteiger partial charge in [-0.1, -0.05) is 24.3 Å². The lowest BCUT2D eigenvalue weighted by molar-refractivity contribution is -0.117. The molecule has 0 atom stereocenters. The molecule has 104 valence electrons. The molecule has 0 bridgehead atoms. The number of ether oxygens (including phenoxy) is 1. The van der Waals surface area contributed by atoms with Crippen molar-refractivity contribution in [3.63, 3.8) is 0 Å². The zero-order chi connectivity index (χ0) is 14.4. The highest BCUT2D eigenvalue weighted by molar-refractivity contribution is 5.76. The van der Waals surface area contributed by atoms with Crippen molar-refractivity contribution in [2.45, 2.75) is 12.8 Å². The van der Waals surface area contributed by atoms with E-state index in [1.54, 1.807) is 12.1 Å². The van der Waals surface area contributed by atoms with Gasteiger partial charge in [-0.15, -0.1) is 0 Å². The average Bonchev–Trinajstić information content (AvgIpc) is 2.42. The Morgan fingerprint density at radius 2 is 1.60 bits per heavy atom. The van der Waals surface area contributed by atoms with Gasteiger partial charge < -0.3 is 10.5 Å². The largest absolute Gasteiger partial charge is 0.493 e. The molecule has 0 spiro atoms. The summed E-state index contributed by atoms with van der Waals surface area (Å²) in [4.78, 5) is 10.8. The van der Waals surface area contributed by atoms with Crippen LogP contribution in [0.5, 0.6) is 5.75 Å². The monoisotopic (exact) mass is 273 g/mol. The maximum absolute atomic E-state index is 12.7. The molecule has 0 saturated carbocycles. The van der Waals surface area contributed by atoms with Gasteiger partial charge in [-0.25, -0.2) is 4.39 Å². The first kappa shape index (κ1) is 14.1. The van der Waals surface area contributed by atoms with E-state index in [0.717, 1.165) is 17.5 Å². The molecule has 3 nitrogen and oxygen atoms in total. The van der Waals surface area contributed by atoms with Crippen LogP contribution in [-0.2, 0) is 17.6 Å². The number of carbonyl (C=O) groups is 1. The van der Waals surface area contributed by atoms with Crippen molar-refractivity contribution in [3.8, 4) is 5.75 Å². The average molecular weight is 273 g/mol. The number of primary amides is 1. The second-order valence-corrected chi connectivity index (χ2v) is 4.51. The van der Waals surface area contributed by atoms with Gasteiger partial charge in [0, 0.05) is 6.42 Å². The fourth-order valence-corrected chi connectivity index (χ4v) is 1.84. The van der Waals surface area contributed by atoms with Crippen LogP contribution in [0.1, 0.15) is 11.1 Å². The van der Waals surface area contributed by atoms with E-state index < -0.39 is 0 Å². The molecule has 2 aromatic rings. The molecule has 0 aromatic heterocycles. The van der Waals surface area contributed by atoms with Gasteiger partial charge in [-0.2, -0.15) is 0 Å². The highest BCUT2D eigenvalue weighted by Crippen LogP contribution is 2.12. The van der Waals surface area contributed by atoms with Gasteiger partial charge in [0.1, 0.15) is 11.6 Å². The highest BCUT2D eigenvalue weighted by atomic mass is 19.1. The Morgan fingerprint density at radius 1 is 1.00 bits per heavy atom. The first-order valence-electron chi connectivity index (χ1n) is 6.38. The second kappa shape index (κ2) is 6.70. The van der Waals surface area contributed by atoms with Gasteiger partial charge in [-0.05, 0) is 35.4 Å². The van der Waals surface area contributed by atoms with E-state index in [2.05, 4.69) is 0 Å². The number of benzene rings is 2. The Balaban J connectivity index is 1.82. The lowest BCUT2D eigenvalue weighted by Crippen LogP contribution is -2.13. The number of hydrogen-bond donors (Lipinski definition) is 1. The van der Waals surface area contributed by atoms with Gasteiger partial charge in [0.25, 0.3) is 0 Å². The fraction of sp³-hybridized carbons (Fsp3) is 0.188. The molecule has 0 aliphatic carbocycles. The van der Waals surface area contributed by atoms with Crippen LogP contribution in [0.2, 0.25) is 0 Å². The molecule has 0 unspecified atom stereocenters. The first-order chi connectivity index (χ1) is 9.63. The number of amides is 1. The molecule has 0 aliphatic rings. The van der Waals surface area contributed by atoms with Crippen molar-refractivity contribution < 1.29 is 13.9 Å². The quantitative estimate of drug-likeness (QED) is 0.879. The maximum Gasteiger partial charge on any atom is 0.221 e. The molecule has 2 N–H and O–H groups in total. The summed E-state index contributed by atoms with van der Waals surface area (Å²) in [6, 6.07) is 13.6. The molecule has 0 fully saturated rings. The normalized spacial score (nSPS) is 10.2. The maximum atomic E-state index is 12.7. The number of hydrogen-bond acceptors (Lipinski definition) is 2. The smallest absolute Gasteiger partial charge is 0.221 e. The van der Waals surface area contributed by atoms with Crippen molar-refractivity contribution >= 4 is 5.91 Å². The third-order valence-electron chi connectivity index (χ3n) is 2.87. The molecule has 1 amide bonds. The summed E-state index contributed by atoms with van der Waals surface area (Å²) in [6.07, 6.45) is 1.00. The van der Waals surface area contributed by atoms with Gasteiger partial charge in [0.05, 0.1) is 13.0 Å². The van der Waals surface area contributed by atoms with E-state index in [0.29, 0.717) is 12.4 Å². The summed E-state index contributed by atoms with van der Waals surface area (Å²) in [7, 11) is 0. The van der Waals surface area contributed by atoms with Crippen molar-refractivity contribution in [1.82, 2.24) is 0 Å². The molecule has 0 aliphatic heterocycles. The molecule has 2 rings (SSSR count). The lowest BCUT2D eigenvalue weighted by Gasteiger charge is -2.06. The summed E-state index contributed by atoms with van der Waals surface area (Å²) in [5.74, 6) is 0.0385. The van der Waals surface area contributed by atoms with Crippen molar-refractivity contribution in [2.24, 2.45) is 5.73 Å². The van der Waals surface area contributed by atoms with Gasteiger partial charge >= 0.3 is 0 Å². The van der Waals surface area contributed by atoms with Gasteiger partial charge in [0.2, 0.25) is 5.91 Å². The molecule has 2 aromatic carbocycles. The van der Waals surface area contributed by atoms with Crippen LogP contribution in [0.25, 0.3) is 0 Å². The molecular formula is C16H16FNO2. The third kappa shape index (κ3) is 4.39.